The third-order valence-electron chi connectivity index (χ3n) is 5.89. The molecule has 1 aromatic heterocycles. The molecular weight excluding hydrogens is 426 g/mol. The van der Waals surface area contributed by atoms with Crippen LogP contribution in [0.25, 0.3) is 0 Å². The summed E-state index contributed by atoms with van der Waals surface area (Å²) in [4.78, 5) is 23.4. The predicted molar refractivity (Wildman–Crippen MR) is 120 cm³/mol. The van der Waals surface area contributed by atoms with Gasteiger partial charge in [0.2, 0.25) is 5.89 Å². The molecule has 0 N–H and O–H groups in total. The Bertz CT molecular complexity index is 1070. The third-order valence-corrected chi connectivity index (χ3v) is 5.89. The van der Waals surface area contributed by atoms with Gasteiger partial charge in [-0.05, 0) is 18.6 Å². The van der Waals surface area contributed by atoms with Gasteiger partial charge in [0, 0.05) is 57.4 Å². The van der Waals surface area contributed by atoms with E-state index in [0.29, 0.717) is 43.3 Å². The summed E-state index contributed by atoms with van der Waals surface area (Å²) in [5.41, 5.74) is 1.87. The van der Waals surface area contributed by atoms with Crippen LogP contribution in [0.5, 0.6) is 0 Å². The number of amides is 1. The topological polar surface area (TPSA) is 52.8 Å². The molecule has 1 aliphatic heterocycles. The second-order valence-corrected chi connectivity index (χ2v) is 8.22. The lowest BCUT2D eigenvalue weighted by Crippen LogP contribution is -2.45. The van der Waals surface area contributed by atoms with Crippen LogP contribution in [0.15, 0.2) is 59.2 Å². The summed E-state index contributed by atoms with van der Waals surface area (Å²) < 4.78 is 32.6. The standard InChI is InChI=1S/C25H28F2N4O2/c1-2-31(15-19-6-4-3-5-7-19)25(32)23-18-33-24(28-23)17-30-12-10-29(11-13-30)16-20-8-9-21(26)14-22(20)27/h3-9,14,18H,2,10-13,15-17H2,1H3. The summed E-state index contributed by atoms with van der Waals surface area (Å²) in [6, 6.07) is 13.6. The SMILES string of the molecule is CCN(Cc1ccccc1)C(=O)c1coc(CN2CCN(Cc3ccc(F)cc3F)CC2)n1. The van der Waals surface area contributed by atoms with Crippen molar-refractivity contribution in [1.82, 2.24) is 19.7 Å². The van der Waals surface area contributed by atoms with Crippen molar-refractivity contribution in [3.63, 3.8) is 0 Å². The number of nitrogens with zero attached hydrogens (tertiary/aromatic N) is 4. The van der Waals surface area contributed by atoms with Gasteiger partial charge in [-0.2, -0.15) is 0 Å². The molecule has 0 atom stereocenters. The van der Waals surface area contributed by atoms with Crippen LogP contribution in [0, 0.1) is 11.6 Å². The molecule has 6 nitrogen and oxygen atoms in total. The highest BCUT2D eigenvalue weighted by molar-refractivity contribution is 5.91. The summed E-state index contributed by atoms with van der Waals surface area (Å²) in [5, 5.41) is 0. The highest BCUT2D eigenvalue weighted by atomic mass is 19.1. The van der Waals surface area contributed by atoms with Gasteiger partial charge in [0.1, 0.15) is 17.9 Å². The minimum Gasteiger partial charge on any atom is -0.447 e. The second-order valence-electron chi connectivity index (χ2n) is 8.22. The van der Waals surface area contributed by atoms with Crippen molar-refractivity contribution in [2.24, 2.45) is 0 Å². The van der Waals surface area contributed by atoms with Crippen LogP contribution in [0.1, 0.15) is 34.4 Å². The Hall–Kier alpha value is -3.10. The van der Waals surface area contributed by atoms with Gasteiger partial charge in [0.15, 0.2) is 5.69 Å². The molecule has 3 aromatic rings. The molecule has 0 radical (unpaired) electrons. The van der Waals surface area contributed by atoms with Gasteiger partial charge in [0.05, 0.1) is 6.54 Å². The van der Waals surface area contributed by atoms with Crippen molar-refractivity contribution in [3.8, 4) is 0 Å². The minimum atomic E-state index is -0.563. The van der Waals surface area contributed by atoms with Crippen molar-refractivity contribution in [1.29, 1.82) is 0 Å². The predicted octanol–water partition coefficient (Wildman–Crippen LogP) is 3.93. The summed E-state index contributed by atoms with van der Waals surface area (Å²) in [6.07, 6.45) is 1.43. The van der Waals surface area contributed by atoms with Crippen LogP contribution < -0.4 is 0 Å². The fourth-order valence-corrected chi connectivity index (χ4v) is 3.96. The van der Waals surface area contributed by atoms with Gasteiger partial charge in [-0.15, -0.1) is 0 Å². The van der Waals surface area contributed by atoms with Gasteiger partial charge in [-0.3, -0.25) is 14.6 Å². The third kappa shape index (κ3) is 6.03. The second kappa shape index (κ2) is 10.7. The average molecular weight is 455 g/mol. The molecule has 2 heterocycles. The van der Waals surface area contributed by atoms with E-state index in [1.165, 1.54) is 18.4 Å². The number of piperazine rings is 1. The fraction of sp³-hybridized carbons (Fsp3) is 0.360. The number of carbonyl (C=O) groups excluding carboxylic acids is 1. The van der Waals surface area contributed by atoms with E-state index in [1.54, 1.807) is 4.90 Å². The van der Waals surface area contributed by atoms with Crippen molar-refractivity contribution >= 4 is 5.91 Å². The van der Waals surface area contributed by atoms with Gasteiger partial charge in [0.25, 0.3) is 5.91 Å². The number of carbonyl (C=O) groups is 1. The number of hydrogen-bond acceptors (Lipinski definition) is 5. The Morgan fingerprint density at radius 1 is 1.03 bits per heavy atom. The molecule has 0 bridgehead atoms. The number of rotatable bonds is 8. The molecule has 174 valence electrons. The fourth-order valence-electron chi connectivity index (χ4n) is 3.96. The molecule has 0 unspecified atom stereocenters. The van der Waals surface area contributed by atoms with Crippen molar-refractivity contribution < 1.29 is 18.0 Å². The van der Waals surface area contributed by atoms with Crippen molar-refractivity contribution in [2.45, 2.75) is 26.6 Å². The van der Waals surface area contributed by atoms with Crippen molar-refractivity contribution in [2.75, 3.05) is 32.7 Å². The van der Waals surface area contributed by atoms with Crippen molar-refractivity contribution in [3.05, 3.63) is 89.1 Å². The maximum absolute atomic E-state index is 13.9. The first-order valence-corrected chi connectivity index (χ1v) is 11.2. The van der Waals surface area contributed by atoms with Crippen LogP contribution in [0.3, 0.4) is 0 Å². The minimum absolute atomic E-state index is 0.150. The van der Waals surface area contributed by atoms with Crippen LogP contribution in [-0.4, -0.2) is 58.3 Å². The molecular formula is C25H28F2N4O2. The molecule has 8 heteroatoms. The zero-order chi connectivity index (χ0) is 23.2. The molecule has 2 aromatic carbocycles. The largest absolute Gasteiger partial charge is 0.447 e. The average Bonchev–Trinajstić information content (AvgIpc) is 3.29. The maximum atomic E-state index is 13.9. The van der Waals surface area contributed by atoms with E-state index < -0.39 is 11.6 Å². The molecule has 0 aliphatic carbocycles. The molecule has 33 heavy (non-hydrogen) atoms. The molecule has 1 amide bonds. The first-order valence-electron chi connectivity index (χ1n) is 11.2. The lowest BCUT2D eigenvalue weighted by molar-refractivity contribution is 0.0746. The summed E-state index contributed by atoms with van der Waals surface area (Å²) in [7, 11) is 0. The van der Waals surface area contributed by atoms with Gasteiger partial charge in [-0.1, -0.05) is 36.4 Å². The Kier molecular flexibility index (Phi) is 7.47. The Morgan fingerprint density at radius 2 is 1.73 bits per heavy atom. The number of halogens is 2. The normalized spacial score (nSPS) is 15.0. The van der Waals surface area contributed by atoms with E-state index in [1.807, 2.05) is 37.3 Å². The number of benzene rings is 2. The van der Waals surface area contributed by atoms with E-state index in [9.17, 15) is 13.6 Å². The number of oxazole rings is 1. The first-order chi connectivity index (χ1) is 16.0. The highest BCUT2D eigenvalue weighted by Gasteiger charge is 2.22. The van der Waals surface area contributed by atoms with E-state index in [0.717, 1.165) is 37.8 Å². The van der Waals surface area contributed by atoms with Crippen LogP contribution in [0.4, 0.5) is 8.78 Å². The maximum Gasteiger partial charge on any atom is 0.276 e. The summed E-state index contributed by atoms with van der Waals surface area (Å²) in [5.74, 6) is -0.718. The van der Waals surface area contributed by atoms with E-state index in [2.05, 4.69) is 14.8 Å². The number of hydrogen-bond donors (Lipinski definition) is 0. The lowest BCUT2D eigenvalue weighted by atomic mass is 10.2. The van der Waals surface area contributed by atoms with Gasteiger partial charge >= 0.3 is 0 Å². The highest BCUT2D eigenvalue weighted by Crippen LogP contribution is 2.16. The Balaban J connectivity index is 1.28. The lowest BCUT2D eigenvalue weighted by Gasteiger charge is -2.34. The van der Waals surface area contributed by atoms with Crippen LogP contribution in [0.2, 0.25) is 0 Å². The van der Waals surface area contributed by atoms with E-state index in [-0.39, 0.29) is 5.91 Å². The monoisotopic (exact) mass is 454 g/mol. The molecule has 1 saturated heterocycles. The molecule has 0 saturated carbocycles. The van der Waals surface area contributed by atoms with E-state index >= 15 is 0 Å². The zero-order valence-corrected chi connectivity index (χ0v) is 18.7. The zero-order valence-electron chi connectivity index (χ0n) is 18.7. The van der Waals surface area contributed by atoms with E-state index in [4.69, 9.17) is 4.42 Å². The molecule has 4 rings (SSSR count). The van der Waals surface area contributed by atoms with Crippen LogP contribution >= 0.6 is 0 Å². The summed E-state index contributed by atoms with van der Waals surface area (Å²) in [6.45, 7) is 7.05. The first kappa shape index (κ1) is 23.1. The van der Waals surface area contributed by atoms with Gasteiger partial charge in [-0.25, -0.2) is 13.8 Å². The quantitative estimate of drug-likeness (QED) is 0.516. The summed E-state index contributed by atoms with van der Waals surface area (Å²) >= 11 is 0. The molecule has 1 fully saturated rings. The smallest absolute Gasteiger partial charge is 0.276 e. The Morgan fingerprint density at radius 3 is 2.39 bits per heavy atom. The van der Waals surface area contributed by atoms with Crippen LogP contribution in [-0.2, 0) is 19.6 Å². The number of aromatic nitrogens is 1. The van der Waals surface area contributed by atoms with Gasteiger partial charge < -0.3 is 9.32 Å². The molecule has 0 spiro atoms. The Labute approximate surface area is 192 Å². The molecule has 1 aliphatic rings.